The van der Waals surface area contributed by atoms with E-state index < -0.39 is 50.1 Å². The molecule has 0 saturated carbocycles. The number of nitrogens with one attached hydrogen (secondary N) is 6. The number of nitro benzene ring substituents is 3. The van der Waals surface area contributed by atoms with Crippen molar-refractivity contribution in [1.29, 1.82) is 0 Å². The quantitative estimate of drug-likeness (QED) is 0.0312. The molecular formula is C47H38ClN9O16. The second-order valence-corrected chi connectivity index (χ2v) is 14.8. The second-order valence-electron chi connectivity index (χ2n) is 14.4. The maximum atomic E-state index is 12.2. The summed E-state index contributed by atoms with van der Waals surface area (Å²) in [5.41, 5.74) is 0.412. The van der Waals surface area contributed by atoms with Gasteiger partial charge in [-0.05, 0) is 66.7 Å². The lowest BCUT2D eigenvalue weighted by Gasteiger charge is -2.13. The van der Waals surface area contributed by atoms with Gasteiger partial charge >= 0.3 is 18.1 Å². The highest BCUT2D eigenvalue weighted by atomic mass is 35.5. The summed E-state index contributed by atoms with van der Waals surface area (Å²) in [5, 5.41) is 76.4. The van der Waals surface area contributed by atoms with E-state index in [1.807, 2.05) is 18.2 Å². The summed E-state index contributed by atoms with van der Waals surface area (Å²) >= 11 is 5.94. The molecule has 7 aromatic carbocycles. The van der Waals surface area contributed by atoms with Crippen molar-refractivity contribution < 1.29 is 63.4 Å². The maximum absolute atomic E-state index is 12.2. The number of para-hydroxylation sites is 5. The SMILES string of the molecule is COc1c(Cl)cccc1NC(=O)Nc1ccc([N+](=O)[O-])cc1O.O=C(Nc1ccc([N+](=O)[O-])cc1O)Nc1cccc2c1OCO2.O=C(Nc1ccc([N+](=O)[O-])cc1O)Nc1ccccc1Oc1ccccc1. The lowest BCUT2D eigenvalue weighted by molar-refractivity contribution is -0.385. The number of methoxy groups -OCH3 is 1. The van der Waals surface area contributed by atoms with Crippen molar-refractivity contribution >= 4 is 80.9 Å². The number of hydrogen-bond acceptors (Lipinski definition) is 16. The topological polar surface area (TPSA) is 350 Å². The molecule has 26 heteroatoms. The Balaban J connectivity index is 0.000000179. The lowest BCUT2D eigenvalue weighted by Crippen LogP contribution is -2.20. The molecule has 0 saturated heterocycles. The van der Waals surface area contributed by atoms with Crippen LogP contribution in [0.2, 0.25) is 5.02 Å². The number of halogens is 1. The first-order chi connectivity index (χ1) is 35.0. The van der Waals surface area contributed by atoms with Gasteiger partial charge in [-0.2, -0.15) is 0 Å². The van der Waals surface area contributed by atoms with Gasteiger partial charge in [0.05, 0.1) is 79.2 Å². The average molecular weight is 1020 g/mol. The average Bonchev–Trinajstić information content (AvgIpc) is 3.85. The van der Waals surface area contributed by atoms with E-state index in [9.17, 15) is 60.0 Å². The predicted molar refractivity (Wildman–Crippen MR) is 266 cm³/mol. The number of benzene rings is 7. The molecule has 25 nitrogen and oxygen atoms in total. The number of rotatable bonds is 12. The summed E-state index contributed by atoms with van der Waals surface area (Å²) in [6.45, 7) is 0.0682. The second kappa shape index (κ2) is 24.1. The van der Waals surface area contributed by atoms with Crippen LogP contribution in [0.15, 0.2) is 146 Å². The Bertz CT molecular complexity index is 3110. The first-order valence-electron chi connectivity index (χ1n) is 20.7. The van der Waals surface area contributed by atoms with Crippen molar-refractivity contribution in [2.45, 2.75) is 0 Å². The summed E-state index contributed by atoms with van der Waals surface area (Å²) in [4.78, 5) is 66.2. The molecule has 0 bridgehead atoms. The molecule has 0 spiro atoms. The van der Waals surface area contributed by atoms with Crippen LogP contribution in [-0.4, -0.2) is 62.1 Å². The molecule has 6 amide bonds. The fourth-order valence-corrected chi connectivity index (χ4v) is 6.42. The van der Waals surface area contributed by atoms with Crippen LogP contribution in [0.25, 0.3) is 0 Å². The zero-order valence-electron chi connectivity index (χ0n) is 37.4. The van der Waals surface area contributed by atoms with Gasteiger partial charge in [-0.25, -0.2) is 14.4 Å². The summed E-state index contributed by atoms with van der Waals surface area (Å²) in [6, 6.07) is 33.9. The zero-order valence-corrected chi connectivity index (χ0v) is 38.2. The van der Waals surface area contributed by atoms with Gasteiger partial charge in [0.2, 0.25) is 6.79 Å². The van der Waals surface area contributed by atoms with Gasteiger partial charge < -0.3 is 66.2 Å². The molecule has 8 rings (SSSR count). The van der Waals surface area contributed by atoms with Crippen LogP contribution in [-0.2, 0) is 0 Å². The lowest BCUT2D eigenvalue weighted by atomic mass is 10.2. The fourth-order valence-electron chi connectivity index (χ4n) is 6.16. The number of nitrogens with zero attached hydrogens (tertiary/aromatic N) is 3. The number of anilines is 6. The number of amides is 6. The molecule has 73 heavy (non-hydrogen) atoms. The van der Waals surface area contributed by atoms with E-state index in [2.05, 4.69) is 31.9 Å². The number of phenols is 3. The van der Waals surface area contributed by atoms with Gasteiger partial charge in [0.15, 0.2) is 23.0 Å². The summed E-state index contributed by atoms with van der Waals surface area (Å²) < 4.78 is 21.3. The Labute approximate surface area is 415 Å². The zero-order chi connectivity index (χ0) is 52.6. The molecule has 0 atom stereocenters. The number of carbonyl (C=O) groups is 3. The van der Waals surface area contributed by atoms with Gasteiger partial charge in [0.25, 0.3) is 17.1 Å². The van der Waals surface area contributed by atoms with Gasteiger partial charge in [-0.15, -0.1) is 0 Å². The predicted octanol–water partition coefficient (Wildman–Crippen LogP) is 11.0. The molecule has 0 unspecified atom stereocenters. The molecule has 0 radical (unpaired) electrons. The largest absolute Gasteiger partial charge is 0.506 e. The van der Waals surface area contributed by atoms with E-state index >= 15 is 0 Å². The number of carbonyl (C=O) groups excluding carboxylic acids is 3. The minimum atomic E-state index is -0.672. The van der Waals surface area contributed by atoms with E-state index in [0.717, 1.165) is 24.3 Å². The molecular weight excluding hydrogens is 982 g/mol. The van der Waals surface area contributed by atoms with Crippen LogP contribution in [0.5, 0.6) is 46.0 Å². The van der Waals surface area contributed by atoms with E-state index in [4.69, 9.17) is 30.5 Å². The molecule has 374 valence electrons. The van der Waals surface area contributed by atoms with Crippen molar-refractivity contribution in [3.05, 3.63) is 181 Å². The highest BCUT2D eigenvalue weighted by Crippen LogP contribution is 2.39. The van der Waals surface area contributed by atoms with Crippen LogP contribution < -0.4 is 50.8 Å². The van der Waals surface area contributed by atoms with Gasteiger partial charge in [0.1, 0.15) is 23.0 Å². The molecule has 7 aromatic rings. The van der Waals surface area contributed by atoms with Crippen LogP contribution in [0.4, 0.5) is 65.6 Å². The molecule has 1 heterocycles. The third-order valence-electron chi connectivity index (χ3n) is 9.49. The van der Waals surface area contributed by atoms with E-state index in [1.165, 1.54) is 37.4 Å². The monoisotopic (exact) mass is 1020 g/mol. The van der Waals surface area contributed by atoms with Gasteiger partial charge in [-0.1, -0.05) is 54.1 Å². The number of fused-ring (bicyclic) bond motifs is 1. The first-order valence-corrected chi connectivity index (χ1v) is 21.1. The van der Waals surface area contributed by atoms with E-state index in [-0.39, 0.29) is 46.7 Å². The minimum Gasteiger partial charge on any atom is -0.506 e. The fraction of sp³-hybridized carbons (Fsp3) is 0.0426. The summed E-state index contributed by atoms with van der Waals surface area (Å²) in [5.74, 6) is 1.02. The van der Waals surface area contributed by atoms with Gasteiger partial charge in [-0.3, -0.25) is 30.3 Å². The van der Waals surface area contributed by atoms with Gasteiger partial charge in [0, 0.05) is 18.2 Å². The van der Waals surface area contributed by atoms with Crippen molar-refractivity contribution in [3.63, 3.8) is 0 Å². The Hall–Kier alpha value is -10.6. The molecule has 0 aromatic heterocycles. The molecule has 9 N–H and O–H groups in total. The van der Waals surface area contributed by atoms with E-state index in [0.29, 0.717) is 45.1 Å². The molecule has 0 fully saturated rings. The number of aromatic hydroxyl groups is 3. The van der Waals surface area contributed by atoms with Crippen molar-refractivity contribution in [2.75, 3.05) is 45.8 Å². The number of non-ortho nitro benzene ring substituents is 3. The van der Waals surface area contributed by atoms with Crippen molar-refractivity contribution in [1.82, 2.24) is 0 Å². The Morgan fingerprint density at radius 2 is 0.945 bits per heavy atom. The first kappa shape index (κ1) is 51.8. The van der Waals surface area contributed by atoms with Crippen LogP contribution in [0.1, 0.15) is 0 Å². The maximum Gasteiger partial charge on any atom is 0.323 e. The number of ether oxygens (including phenoxy) is 4. The van der Waals surface area contributed by atoms with Crippen LogP contribution in [0, 0.1) is 30.3 Å². The number of hydrogen-bond donors (Lipinski definition) is 9. The summed E-state index contributed by atoms with van der Waals surface area (Å²) in [7, 11) is 1.41. The highest BCUT2D eigenvalue weighted by Gasteiger charge is 2.20. The Kier molecular flexibility index (Phi) is 17.1. The van der Waals surface area contributed by atoms with E-state index in [1.54, 1.807) is 72.8 Å². The number of urea groups is 3. The van der Waals surface area contributed by atoms with Crippen LogP contribution >= 0.6 is 11.6 Å². The molecule has 1 aliphatic rings. The minimum absolute atomic E-state index is 0.0223. The molecule has 0 aliphatic carbocycles. The normalized spacial score (nSPS) is 10.6. The number of phenolic OH excluding ortho intramolecular Hbond substituents is 3. The van der Waals surface area contributed by atoms with Crippen molar-refractivity contribution in [2.24, 2.45) is 0 Å². The van der Waals surface area contributed by atoms with Crippen molar-refractivity contribution in [3.8, 4) is 46.0 Å². The third kappa shape index (κ3) is 14.2. The third-order valence-corrected chi connectivity index (χ3v) is 9.79. The molecule has 1 aliphatic heterocycles. The van der Waals surface area contributed by atoms with Crippen LogP contribution in [0.3, 0.4) is 0 Å². The summed E-state index contributed by atoms with van der Waals surface area (Å²) in [6.07, 6.45) is 0. The Morgan fingerprint density at radius 3 is 1.44 bits per heavy atom. The smallest absolute Gasteiger partial charge is 0.323 e. The Morgan fingerprint density at radius 1 is 0.521 bits per heavy atom. The highest BCUT2D eigenvalue weighted by molar-refractivity contribution is 6.32. The number of nitro groups is 3. The standard InChI is InChI=1S/C19H15N3O5.C14H12ClN3O5.C14H11N3O6/c23-17-12-13(22(25)26)10-11-15(17)20-19(24)21-16-8-4-5-9-18(16)27-14-6-2-1-3-7-14;1-23-13-9(15)3-2-4-11(13)17-14(20)16-10-6-5-8(18(21)22)7-12(10)19;18-11-6-8(17(20)21)4-5-9(11)15-14(19)16-10-2-1-3-12-13(10)23-7-22-12/h1-12,23H,(H2,20,21,24);2-7,19H,1H3,(H2,16,17,20);1-6,18H,7H2,(H2,15,16,19).